The first-order chi connectivity index (χ1) is 15.7. The smallest absolute Gasteiger partial charge is 0.261 e. The number of hydrogen-bond acceptors (Lipinski definition) is 4. The molecule has 0 spiro atoms. The van der Waals surface area contributed by atoms with Crippen molar-refractivity contribution in [1.82, 2.24) is 9.55 Å². The fraction of sp³-hybridized carbons (Fsp3) is 0.231. The third kappa shape index (κ3) is 5.11. The van der Waals surface area contributed by atoms with E-state index in [4.69, 9.17) is 26.1 Å². The maximum absolute atomic E-state index is 13.2. The lowest BCUT2D eigenvalue weighted by molar-refractivity contribution is 0.297. The predicted molar refractivity (Wildman–Crippen MR) is 129 cm³/mol. The molecule has 0 radical (unpaired) electrons. The lowest BCUT2D eigenvalue weighted by Crippen LogP contribution is -2.24. The lowest BCUT2D eigenvalue weighted by atomic mass is 10.1. The van der Waals surface area contributed by atoms with Crippen molar-refractivity contribution in [3.05, 3.63) is 88.2 Å². The fourth-order valence-electron chi connectivity index (χ4n) is 3.58. The molecule has 0 bridgehead atoms. The van der Waals surface area contributed by atoms with E-state index in [1.54, 1.807) is 4.57 Å². The molecule has 4 rings (SSSR count). The SMILES string of the molecule is CCOc1cccc(OCCCCn2c(-c3ccc(Cl)cc3)nc3ccccc3c2=O)c1. The van der Waals surface area contributed by atoms with Gasteiger partial charge in [-0.1, -0.05) is 29.8 Å². The monoisotopic (exact) mass is 448 g/mol. The second kappa shape index (κ2) is 10.3. The summed E-state index contributed by atoms with van der Waals surface area (Å²) in [5, 5.41) is 1.27. The number of halogens is 1. The van der Waals surface area contributed by atoms with Crippen LogP contribution in [-0.2, 0) is 6.54 Å². The number of aromatic nitrogens is 2. The van der Waals surface area contributed by atoms with Crippen LogP contribution < -0.4 is 15.0 Å². The summed E-state index contributed by atoms with van der Waals surface area (Å²) in [6.07, 6.45) is 1.59. The van der Waals surface area contributed by atoms with Crippen molar-refractivity contribution < 1.29 is 9.47 Å². The number of rotatable bonds is 9. The van der Waals surface area contributed by atoms with Gasteiger partial charge in [-0.2, -0.15) is 0 Å². The minimum absolute atomic E-state index is 0.0362. The van der Waals surface area contributed by atoms with Crippen LogP contribution in [0.15, 0.2) is 77.6 Å². The van der Waals surface area contributed by atoms with Gasteiger partial charge < -0.3 is 9.47 Å². The highest BCUT2D eigenvalue weighted by molar-refractivity contribution is 6.30. The molecule has 4 aromatic rings. The minimum Gasteiger partial charge on any atom is -0.494 e. The first-order valence-electron chi connectivity index (χ1n) is 10.8. The number of unbranched alkanes of at least 4 members (excludes halogenated alkanes) is 1. The van der Waals surface area contributed by atoms with E-state index in [1.165, 1.54) is 0 Å². The third-order valence-corrected chi connectivity index (χ3v) is 5.38. The molecule has 32 heavy (non-hydrogen) atoms. The van der Waals surface area contributed by atoms with Gasteiger partial charge in [0.15, 0.2) is 0 Å². The van der Waals surface area contributed by atoms with Gasteiger partial charge in [-0.05, 0) is 68.3 Å². The molecule has 6 heteroatoms. The van der Waals surface area contributed by atoms with Gasteiger partial charge in [-0.25, -0.2) is 4.98 Å². The summed E-state index contributed by atoms with van der Waals surface area (Å²) in [5.41, 5.74) is 1.52. The summed E-state index contributed by atoms with van der Waals surface area (Å²) in [6.45, 7) is 3.68. The van der Waals surface area contributed by atoms with E-state index in [0.29, 0.717) is 41.5 Å². The van der Waals surface area contributed by atoms with E-state index in [0.717, 1.165) is 29.9 Å². The van der Waals surface area contributed by atoms with Crippen molar-refractivity contribution in [1.29, 1.82) is 0 Å². The highest BCUT2D eigenvalue weighted by Gasteiger charge is 2.12. The van der Waals surface area contributed by atoms with Gasteiger partial charge in [0, 0.05) is 23.2 Å². The number of ether oxygens (including phenoxy) is 2. The summed E-state index contributed by atoms with van der Waals surface area (Å²) in [5.74, 6) is 2.23. The molecule has 0 saturated heterocycles. The Hall–Kier alpha value is -3.31. The standard InChI is InChI=1S/C26H25ClN2O3/c1-2-31-21-8-7-9-22(18-21)32-17-6-5-16-29-25(19-12-14-20(27)15-13-19)28-24-11-4-3-10-23(24)26(29)30/h3-4,7-15,18H,2,5-6,16-17H2,1H3. The zero-order chi connectivity index (χ0) is 22.3. The Kier molecular flexibility index (Phi) is 7.07. The van der Waals surface area contributed by atoms with Crippen molar-refractivity contribution in [3.63, 3.8) is 0 Å². The van der Waals surface area contributed by atoms with Gasteiger partial charge in [0.25, 0.3) is 5.56 Å². The molecule has 0 amide bonds. The molecule has 164 valence electrons. The first-order valence-corrected chi connectivity index (χ1v) is 11.1. The van der Waals surface area contributed by atoms with E-state index in [1.807, 2.05) is 79.7 Å². The predicted octanol–water partition coefficient (Wildman–Crippen LogP) is 5.97. The second-order valence-electron chi connectivity index (χ2n) is 7.38. The molecule has 0 aliphatic carbocycles. The third-order valence-electron chi connectivity index (χ3n) is 5.13. The van der Waals surface area contributed by atoms with Crippen LogP contribution in [0.25, 0.3) is 22.3 Å². The highest BCUT2D eigenvalue weighted by Crippen LogP contribution is 2.22. The van der Waals surface area contributed by atoms with Crippen LogP contribution in [0.4, 0.5) is 0 Å². The molecule has 0 atom stereocenters. The largest absolute Gasteiger partial charge is 0.494 e. The summed E-state index contributed by atoms with van der Waals surface area (Å²) < 4.78 is 13.1. The molecule has 0 N–H and O–H groups in total. The first kappa shape index (κ1) is 21.9. The highest BCUT2D eigenvalue weighted by atomic mass is 35.5. The van der Waals surface area contributed by atoms with Gasteiger partial charge in [0.05, 0.1) is 24.1 Å². The topological polar surface area (TPSA) is 53.4 Å². The summed E-state index contributed by atoms with van der Waals surface area (Å²) in [7, 11) is 0. The normalized spacial score (nSPS) is 10.9. The van der Waals surface area contributed by atoms with Crippen molar-refractivity contribution in [2.75, 3.05) is 13.2 Å². The molecule has 1 aromatic heterocycles. The van der Waals surface area contributed by atoms with Crippen LogP contribution in [-0.4, -0.2) is 22.8 Å². The quantitative estimate of drug-likeness (QED) is 0.296. The number of para-hydroxylation sites is 1. The Bertz CT molecular complexity index is 1250. The van der Waals surface area contributed by atoms with E-state index >= 15 is 0 Å². The van der Waals surface area contributed by atoms with Gasteiger partial charge in [0.1, 0.15) is 17.3 Å². The molecular formula is C26H25ClN2O3. The van der Waals surface area contributed by atoms with Gasteiger partial charge in [-0.3, -0.25) is 9.36 Å². The average Bonchev–Trinajstić information content (AvgIpc) is 2.81. The molecule has 1 heterocycles. The van der Waals surface area contributed by atoms with Crippen molar-refractivity contribution >= 4 is 22.5 Å². The van der Waals surface area contributed by atoms with Crippen LogP contribution in [0.5, 0.6) is 11.5 Å². The molecule has 0 unspecified atom stereocenters. The zero-order valence-corrected chi connectivity index (χ0v) is 18.7. The number of fused-ring (bicyclic) bond motifs is 1. The summed E-state index contributed by atoms with van der Waals surface area (Å²) in [6, 6.07) is 22.5. The van der Waals surface area contributed by atoms with Crippen LogP contribution >= 0.6 is 11.6 Å². The second-order valence-corrected chi connectivity index (χ2v) is 7.82. The summed E-state index contributed by atoms with van der Waals surface area (Å²) >= 11 is 6.05. The van der Waals surface area contributed by atoms with Gasteiger partial charge in [-0.15, -0.1) is 0 Å². The Morgan fingerprint density at radius 1 is 0.906 bits per heavy atom. The van der Waals surface area contributed by atoms with E-state index in [9.17, 15) is 4.79 Å². The molecule has 3 aromatic carbocycles. The molecule has 0 fully saturated rings. The average molecular weight is 449 g/mol. The van der Waals surface area contributed by atoms with Crippen molar-refractivity contribution in [2.24, 2.45) is 0 Å². The lowest BCUT2D eigenvalue weighted by Gasteiger charge is -2.14. The molecule has 0 saturated carbocycles. The van der Waals surface area contributed by atoms with E-state index in [-0.39, 0.29) is 5.56 Å². The van der Waals surface area contributed by atoms with Crippen LogP contribution in [0.3, 0.4) is 0 Å². The Labute approximate surface area is 192 Å². The maximum Gasteiger partial charge on any atom is 0.261 e. The Morgan fingerprint density at radius 2 is 1.66 bits per heavy atom. The number of benzene rings is 3. The van der Waals surface area contributed by atoms with E-state index in [2.05, 4.69) is 0 Å². The summed E-state index contributed by atoms with van der Waals surface area (Å²) in [4.78, 5) is 18.0. The van der Waals surface area contributed by atoms with E-state index < -0.39 is 0 Å². The number of hydrogen-bond donors (Lipinski definition) is 0. The van der Waals surface area contributed by atoms with Crippen molar-refractivity contribution in [2.45, 2.75) is 26.3 Å². The van der Waals surface area contributed by atoms with Crippen LogP contribution in [0, 0.1) is 0 Å². The molecular weight excluding hydrogens is 424 g/mol. The fourth-order valence-corrected chi connectivity index (χ4v) is 3.70. The van der Waals surface area contributed by atoms with Crippen LogP contribution in [0.2, 0.25) is 5.02 Å². The van der Waals surface area contributed by atoms with Crippen molar-refractivity contribution in [3.8, 4) is 22.9 Å². The van der Waals surface area contributed by atoms with Gasteiger partial charge in [0.2, 0.25) is 0 Å². The Morgan fingerprint density at radius 3 is 2.44 bits per heavy atom. The molecule has 0 aliphatic heterocycles. The van der Waals surface area contributed by atoms with Crippen LogP contribution in [0.1, 0.15) is 19.8 Å². The Balaban J connectivity index is 1.49. The maximum atomic E-state index is 13.2. The number of nitrogens with zero attached hydrogens (tertiary/aromatic N) is 2. The molecule has 5 nitrogen and oxygen atoms in total. The van der Waals surface area contributed by atoms with Gasteiger partial charge >= 0.3 is 0 Å². The molecule has 0 aliphatic rings. The minimum atomic E-state index is -0.0362. The zero-order valence-electron chi connectivity index (χ0n) is 18.0.